The minimum atomic E-state index is -0.531. The molecule has 2 heterocycles. The molecular weight excluding hydrogens is 374 g/mol. The van der Waals surface area contributed by atoms with Gasteiger partial charge in [-0.05, 0) is 34.9 Å². The highest BCUT2D eigenvalue weighted by Gasteiger charge is 2.47. The van der Waals surface area contributed by atoms with Crippen LogP contribution in [0, 0.1) is 0 Å². The largest absolute Gasteiger partial charge is 0.338 e. The monoisotopic (exact) mass is 398 g/mol. The molecular formula is C25H24N3O2. The molecule has 151 valence electrons. The van der Waals surface area contributed by atoms with Gasteiger partial charge in [0.2, 0.25) is 0 Å². The fraction of sp³-hybridized carbons (Fsp3) is 0.280. The molecule has 1 atom stereocenters. The topological polar surface area (TPSA) is 63.5 Å². The van der Waals surface area contributed by atoms with Gasteiger partial charge in [-0.1, -0.05) is 60.7 Å². The van der Waals surface area contributed by atoms with Crippen LogP contribution in [0.4, 0.5) is 0 Å². The summed E-state index contributed by atoms with van der Waals surface area (Å²) in [4.78, 5) is 27.4. The van der Waals surface area contributed by atoms with Crippen molar-refractivity contribution >= 4 is 22.6 Å². The molecule has 5 heteroatoms. The minimum absolute atomic E-state index is 0.0424. The molecule has 2 fully saturated rings. The van der Waals surface area contributed by atoms with Gasteiger partial charge in [-0.3, -0.25) is 14.9 Å². The van der Waals surface area contributed by atoms with Crippen molar-refractivity contribution in [1.29, 1.82) is 0 Å². The summed E-state index contributed by atoms with van der Waals surface area (Å²) in [6.07, 6.45) is 1.96. The van der Waals surface area contributed by atoms with Crippen LogP contribution in [0.2, 0.25) is 0 Å². The first-order valence-electron chi connectivity index (χ1n) is 10.5. The number of carbonyl (C=O) groups excluding carboxylic acids is 2. The maximum absolute atomic E-state index is 13.0. The average Bonchev–Trinajstić information content (AvgIpc) is 3.08. The Bertz CT molecular complexity index is 1090. The molecule has 2 saturated heterocycles. The van der Waals surface area contributed by atoms with Crippen LogP contribution in [0.25, 0.3) is 10.8 Å². The molecule has 0 saturated carbocycles. The Morgan fingerprint density at radius 1 is 0.967 bits per heavy atom. The number of nitrogens with zero attached hydrogens (tertiary/aromatic N) is 2. The van der Waals surface area contributed by atoms with Crippen molar-refractivity contribution in [3.8, 4) is 0 Å². The number of rotatable bonds is 3. The molecule has 0 aliphatic carbocycles. The Morgan fingerprint density at radius 3 is 2.43 bits per heavy atom. The maximum atomic E-state index is 13.0. The molecule has 5 nitrogen and oxygen atoms in total. The first-order valence-corrected chi connectivity index (χ1v) is 10.5. The van der Waals surface area contributed by atoms with E-state index in [1.54, 1.807) is 0 Å². The molecule has 2 aliphatic heterocycles. The number of hydrogen-bond acceptors (Lipinski definition) is 3. The third kappa shape index (κ3) is 3.57. The third-order valence-electron chi connectivity index (χ3n) is 6.22. The van der Waals surface area contributed by atoms with Crippen LogP contribution < -0.4 is 10.6 Å². The van der Waals surface area contributed by atoms with Gasteiger partial charge in [0, 0.05) is 31.5 Å². The summed E-state index contributed by atoms with van der Waals surface area (Å²) in [5.41, 5.74) is 1.30. The number of fused-ring (bicyclic) bond motifs is 1. The number of hydrogen-bond donors (Lipinski definition) is 1. The van der Waals surface area contributed by atoms with Crippen molar-refractivity contribution in [1.82, 2.24) is 15.5 Å². The smallest absolute Gasteiger partial charge is 0.260 e. The van der Waals surface area contributed by atoms with Gasteiger partial charge < -0.3 is 4.90 Å². The molecule has 5 rings (SSSR count). The maximum Gasteiger partial charge on any atom is 0.260 e. The Hall–Kier alpha value is -3.18. The molecule has 0 aromatic heterocycles. The van der Waals surface area contributed by atoms with Gasteiger partial charge >= 0.3 is 0 Å². The van der Waals surface area contributed by atoms with Crippen LogP contribution in [0.3, 0.4) is 0 Å². The number of carbonyl (C=O) groups is 2. The lowest BCUT2D eigenvalue weighted by molar-refractivity contribution is -0.121. The van der Waals surface area contributed by atoms with E-state index in [2.05, 4.69) is 10.6 Å². The quantitative estimate of drug-likeness (QED) is 0.737. The summed E-state index contributed by atoms with van der Waals surface area (Å²) in [5, 5.41) is 10.1. The summed E-state index contributed by atoms with van der Waals surface area (Å²) in [6, 6.07) is 23.6. The predicted molar refractivity (Wildman–Crippen MR) is 116 cm³/mol. The highest BCUT2D eigenvalue weighted by atomic mass is 16.2. The van der Waals surface area contributed by atoms with Gasteiger partial charge in [-0.15, -0.1) is 0 Å². The van der Waals surface area contributed by atoms with Crippen LogP contribution in [0.1, 0.15) is 28.8 Å². The number of nitrogens with one attached hydrogen (secondary N) is 1. The lowest BCUT2D eigenvalue weighted by atomic mass is 9.96. The second-order valence-corrected chi connectivity index (χ2v) is 8.22. The molecule has 0 bridgehead atoms. The van der Waals surface area contributed by atoms with E-state index in [0.29, 0.717) is 37.9 Å². The van der Waals surface area contributed by atoms with Crippen LogP contribution >= 0.6 is 0 Å². The Morgan fingerprint density at radius 2 is 1.67 bits per heavy atom. The lowest BCUT2D eigenvalue weighted by Gasteiger charge is -2.38. The van der Waals surface area contributed by atoms with E-state index in [9.17, 15) is 9.59 Å². The van der Waals surface area contributed by atoms with E-state index in [4.69, 9.17) is 0 Å². The minimum Gasteiger partial charge on any atom is -0.338 e. The Balaban J connectivity index is 1.24. The van der Waals surface area contributed by atoms with Gasteiger partial charge in [-0.25, -0.2) is 5.32 Å². The van der Waals surface area contributed by atoms with Crippen molar-refractivity contribution < 1.29 is 9.59 Å². The summed E-state index contributed by atoms with van der Waals surface area (Å²) >= 11 is 0. The predicted octanol–water partition coefficient (Wildman–Crippen LogP) is 3.12. The normalized spacial score (nSPS) is 20.5. The molecule has 3 aromatic carbocycles. The number of likely N-dealkylation sites (tertiary alicyclic amines) is 1. The third-order valence-corrected chi connectivity index (χ3v) is 6.22. The van der Waals surface area contributed by atoms with Crippen molar-refractivity contribution in [2.24, 2.45) is 0 Å². The number of benzene rings is 3. The zero-order valence-corrected chi connectivity index (χ0v) is 16.8. The van der Waals surface area contributed by atoms with Crippen LogP contribution in [-0.4, -0.2) is 41.5 Å². The van der Waals surface area contributed by atoms with Crippen LogP contribution in [0.5, 0.6) is 0 Å². The second kappa shape index (κ2) is 7.58. The van der Waals surface area contributed by atoms with E-state index >= 15 is 0 Å². The fourth-order valence-electron chi connectivity index (χ4n) is 4.54. The zero-order chi connectivity index (χ0) is 20.6. The van der Waals surface area contributed by atoms with E-state index in [1.165, 1.54) is 0 Å². The van der Waals surface area contributed by atoms with Gasteiger partial charge in [0.25, 0.3) is 11.8 Å². The lowest BCUT2D eigenvalue weighted by Crippen LogP contribution is -2.56. The van der Waals surface area contributed by atoms with Gasteiger partial charge in [-0.2, -0.15) is 0 Å². The zero-order valence-electron chi connectivity index (χ0n) is 16.8. The first-order chi connectivity index (χ1) is 14.6. The highest BCUT2D eigenvalue weighted by molar-refractivity contribution is 5.98. The van der Waals surface area contributed by atoms with E-state index in [0.717, 1.165) is 16.3 Å². The fourth-order valence-corrected chi connectivity index (χ4v) is 4.54. The Kier molecular flexibility index (Phi) is 4.75. The molecule has 2 amide bonds. The highest BCUT2D eigenvalue weighted by Crippen LogP contribution is 2.28. The summed E-state index contributed by atoms with van der Waals surface area (Å²) in [7, 11) is 0. The van der Waals surface area contributed by atoms with Crippen molar-refractivity contribution in [2.75, 3.05) is 13.1 Å². The molecule has 1 unspecified atom stereocenters. The molecule has 1 spiro atoms. The van der Waals surface area contributed by atoms with Gasteiger partial charge in [0.1, 0.15) is 5.66 Å². The number of amides is 2. The number of piperidine rings is 1. The molecule has 30 heavy (non-hydrogen) atoms. The van der Waals surface area contributed by atoms with E-state index < -0.39 is 5.66 Å². The van der Waals surface area contributed by atoms with Crippen LogP contribution in [0.15, 0.2) is 72.8 Å². The summed E-state index contributed by atoms with van der Waals surface area (Å²) in [6.45, 7) is 1.18. The van der Waals surface area contributed by atoms with E-state index in [-0.39, 0.29) is 17.9 Å². The Labute approximate surface area is 176 Å². The van der Waals surface area contributed by atoms with Crippen molar-refractivity contribution in [3.05, 3.63) is 83.9 Å². The first kappa shape index (κ1) is 18.8. The van der Waals surface area contributed by atoms with Crippen molar-refractivity contribution in [3.63, 3.8) is 0 Å². The molecule has 1 N–H and O–H groups in total. The summed E-state index contributed by atoms with van der Waals surface area (Å²) in [5.74, 6) is -0.0334. The van der Waals surface area contributed by atoms with Crippen LogP contribution in [-0.2, 0) is 11.2 Å². The SMILES string of the molecule is O=C1[N]C2(CCN(C(=O)c3ccc4ccccc4c3)CC2)NC1Cc1ccccc1. The molecule has 1 radical (unpaired) electrons. The van der Waals surface area contributed by atoms with Gasteiger partial charge in [0.15, 0.2) is 0 Å². The van der Waals surface area contributed by atoms with E-state index in [1.807, 2.05) is 77.7 Å². The molecule has 3 aromatic rings. The van der Waals surface area contributed by atoms with Gasteiger partial charge in [0.05, 0.1) is 6.04 Å². The summed E-state index contributed by atoms with van der Waals surface area (Å²) < 4.78 is 0. The standard InChI is InChI=1S/C25H24N3O2/c29-23-22(16-18-6-2-1-3-7-18)26-25(27-23)12-14-28(15-13-25)24(30)21-11-10-19-8-4-5-9-20(19)17-21/h1-11,17,22,26H,12-16H2. The second-order valence-electron chi connectivity index (χ2n) is 8.22. The average molecular weight is 398 g/mol. The molecule has 2 aliphatic rings. The van der Waals surface area contributed by atoms with Crippen molar-refractivity contribution in [2.45, 2.75) is 31.0 Å².